The van der Waals surface area contributed by atoms with Gasteiger partial charge in [0.05, 0.1) is 23.6 Å². The molecule has 0 atom stereocenters. The summed E-state index contributed by atoms with van der Waals surface area (Å²) < 4.78 is 6.23. The van der Waals surface area contributed by atoms with Crippen molar-refractivity contribution in [1.82, 2.24) is 15.0 Å². The summed E-state index contributed by atoms with van der Waals surface area (Å²) in [5, 5.41) is 13.5. The fourth-order valence-electron chi connectivity index (χ4n) is 3.98. The molecule has 8 heteroatoms. The summed E-state index contributed by atoms with van der Waals surface area (Å²) in [7, 11) is 0. The molecule has 0 unspecified atom stereocenters. The van der Waals surface area contributed by atoms with Crippen LogP contribution in [0.1, 0.15) is 27.9 Å². The van der Waals surface area contributed by atoms with Crippen LogP contribution < -0.4 is 10.1 Å². The quantitative estimate of drug-likeness (QED) is 0.256. The molecular formula is C27H24N4O3S. The van der Waals surface area contributed by atoms with Gasteiger partial charge in [0, 0.05) is 35.0 Å². The normalized spacial score (nSPS) is 11.9. The zero-order valence-electron chi connectivity index (χ0n) is 19.4. The lowest BCUT2D eigenvalue weighted by atomic mass is 9.99. The molecule has 3 heterocycles. The lowest BCUT2D eigenvalue weighted by Crippen LogP contribution is -2.16. The highest BCUT2D eigenvalue weighted by molar-refractivity contribution is 8.00. The zero-order chi connectivity index (χ0) is 24.4. The monoisotopic (exact) mass is 484 g/mol. The molecule has 1 aliphatic rings. The van der Waals surface area contributed by atoms with E-state index in [4.69, 9.17) is 14.7 Å². The minimum atomic E-state index is -0.140. The number of rotatable bonds is 6. The number of carbonyl (C=O) groups is 1. The van der Waals surface area contributed by atoms with E-state index in [-0.39, 0.29) is 18.3 Å². The number of anilines is 1. The molecule has 0 saturated carbocycles. The molecule has 5 rings (SSSR count). The Morgan fingerprint density at radius 3 is 2.69 bits per heavy atom. The minimum Gasteiger partial charge on any atom is -0.436 e. The molecule has 7 nitrogen and oxygen atoms in total. The van der Waals surface area contributed by atoms with Crippen LogP contribution in [0.3, 0.4) is 0 Å². The van der Waals surface area contributed by atoms with Gasteiger partial charge in [0.2, 0.25) is 11.8 Å². The molecule has 0 bridgehead atoms. The number of benzene rings is 2. The molecular weight excluding hydrogens is 460 g/mol. The maximum Gasteiger partial charge on any atom is 0.234 e. The van der Waals surface area contributed by atoms with Crippen molar-refractivity contribution in [3.63, 3.8) is 0 Å². The van der Waals surface area contributed by atoms with Gasteiger partial charge in [-0.1, -0.05) is 54.2 Å². The molecule has 0 radical (unpaired) electrons. The molecule has 2 aromatic carbocycles. The fourth-order valence-corrected chi connectivity index (χ4v) is 4.81. The molecule has 176 valence electrons. The van der Waals surface area contributed by atoms with Crippen LogP contribution in [0.4, 0.5) is 5.69 Å². The lowest BCUT2D eigenvalue weighted by molar-refractivity contribution is -0.113. The smallest absolute Gasteiger partial charge is 0.234 e. The number of aryl methyl sites for hydroxylation is 2. The van der Waals surface area contributed by atoms with Gasteiger partial charge in [-0.3, -0.25) is 9.78 Å². The first-order valence-electron chi connectivity index (χ1n) is 11.2. The number of fused-ring (bicyclic) bond motifs is 2. The zero-order valence-corrected chi connectivity index (χ0v) is 20.2. The fraction of sp³-hybridized carbons (Fsp3) is 0.185. The first-order chi connectivity index (χ1) is 17.0. The van der Waals surface area contributed by atoms with Crippen LogP contribution in [0, 0.1) is 13.8 Å². The Bertz CT molecular complexity index is 1410. The van der Waals surface area contributed by atoms with Gasteiger partial charge >= 0.3 is 0 Å². The van der Waals surface area contributed by atoms with E-state index < -0.39 is 0 Å². The first kappa shape index (κ1) is 23.0. The largest absolute Gasteiger partial charge is 0.436 e. The molecule has 2 N–H and O–H groups in total. The van der Waals surface area contributed by atoms with Crippen molar-refractivity contribution in [2.75, 3.05) is 11.1 Å². The number of amides is 1. The molecule has 0 saturated heterocycles. The Morgan fingerprint density at radius 2 is 1.91 bits per heavy atom. The van der Waals surface area contributed by atoms with E-state index in [0.717, 1.165) is 33.6 Å². The SMILES string of the molecule is Cc1cccc(NC(=O)CSc2nc(-c3ccccc3)nc3c2Cc2c(CO)cnc(C)c2O3)c1. The van der Waals surface area contributed by atoms with Gasteiger partial charge in [0.1, 0.15) is 5.03 Å². The predicted molar refractivity (Wildman–Crippen MR) is 136 cm³/mol. The van der Waals surface area contributed by atoms with Gasteiger partial charge in [0.25, 0.3) is 0 Å². The molecule has 0 fully saturated rings. The lowest BCUT2D eigenvalue weighted by Gasteiger charge is -2.24. The summed E-state index contributed by atoms with van der Waals surface area (Å²) in [4.78, 5) is 26.6. The Morgan fingerprint density at radius 1 is 1.09 bits per heavy atom. The highest BCUT2D eigenvalue weighted by Gasteiger charge is 2.28. The summed E-state index contributed by atoms with van der Waals surface area (Å²) >= 11 is 1.35. The van der Waals surface area contributed by atoms with Crippen molar-refractivity contribution in [3.8, 4) is 23.0 Å². The second-order valence-corrected chi connectivity index (χ2v) is 9.29. The molecule has 0 spiro atoms. The number of ether oxygens (including phenoxy) is 1. The van der Waals surface area contributed by atoms with E-state index in [0.29, 0.717) is 34.5 Å². The summed E-state index contributed by atoms with van der Waals surface area (Å²) in [6.45, 7) is 3.71. The van der Waals surface area contributed by atoms with Crippen LogP contribution >= 0.6 is 11.8 Å². The van der Waals surface area contributed by atoms with Crippen molar-refractivity contribution < 1.29 is 14.6 Å². The van der Waals surface area contributed by atoms with Gasteiger partial charge in [-0.2, -0.15) is 4.98 Å². The number of nitrogens with zero attached hydrogens (tertiary/aromatic N) is 3. The Labute approximate surface area is 207 Å². The van der Waals surface area contributed by atoms with Gasteiger partial charge in [-0.15, -0.1) is 0 Å². The number of aliphatic hydroxyl groups excluding tert-OH is 1. The van der Waals surface area contributed by atoms with E-state index in [1.165, 1.54) is 11.8 Å². The highest BCUT2D eigenvalue weighted by Crippen LogP contribution is 2.42. The van der Waals surface area contributed by atoms with Gasteiger partial charge < -0.3 is 15.2 Å². The van der Waals surface area contributed by atoms with Crippen molar-refractivity contribution in [2.24, 2.45) is 0 Å². The van der Waals surface area contributed by atoms with Crippen LogP contribution in [0.2, 0.25) is 0 Å². The number of thioether (sulfide) groups is 1. The molecule has 2 aromatic heterocycles. The van der Waals surface area contributed by atoms with Crippen LogP contribution in [-0.4, -0.2) is 31.7 Å². The number of carbonyl (C=O) groups excluding carboxylic acids is 1. The second kappa shape index (κ2) is 9.85. The van der Waals surface area contributed by atoms with E-state index in [9.17, 15) is 9.90 Å². The minimum absolute atomic E-state index is 0.123. The Balaban J connectivity index is 1.48. The average Bonchev–Trinajstić information content (AvgIpc) is 2.87. The third-order valence-electron chi connectivity index (χ3n) is 5.73. The summed E-state index contributed by atoms with van der Waals surface area (Å²) in [6.07, 6.45) is 2.16. The van der Waals surface area contributed by atoms with E-state index in [1.54, 1.807) is 6.20 Å². The molecule has 1 aliphatic heterocycles. The van der Waals surface area contributed by atoms with Crippen LogP contribution in [0.25, 0.3) is 11.4 Å². The van der Waals surface area contributed by atoms with Crippen molar-refractivity contribution >= 4 is 23.4 Å². The Kier molecular flexibility index (Phi) is 6.48. The van der Waals surface area contributed by atoms with E-state index >= 15 is 0 Å². The number of hydrogen-bond acceptors (Lipinski definition) is 7. The molecule has 0 aliphatic carbocycles. The number of aromatic nitrogens is 3. The summed E-state index contributed by atoms with van der Waals surface area (Å²) in [6, 6.07) is 17.4. The predicted octanol–water partition coefficient (Wildman–Crippen LogP) is 5.08. The maximum absolute atomic E-state index is 12.7. The molecule has 35 heavy (non-hydrogen) atoms. The van der Waals surface area contributed by atoms with Crippen molar-refractivity contribution in [1.29, 1.82) is 0 Å². The van der Waals surface area contributed by atoms with Crippen LogP contribution in [0.15, 0.2) is 65.8 Å². The number of pyridine rings is 1. The molecule has 4 aromatic rings. The van der Waals surface area contributed by atoms with Gasteiger partial charge in [-0.25, -0.2) is 4.98 Å². The van der Waals surface area contributed by atoms with E-state index in [2.05, 4.69) is 10.3 Å². The summed E-state index contributed by atoms with van der Waals surface area (Å²) in [5.74, 6) is 1.66. The highest BCUT2D eigenvalue weighted by atomic mass is 32.2. The van der Waals surface area contributed by atoms with E-state index in [1.807, 2.05) is 68.4 Å². The van der Waals surface area contributed by atoms with Crippen molar-refractivity contribution in [3.05, 3.63) is 88.7 Å². The summed E-state index contributed by atoms with van der Waals surface area (Å²) in [5.41, 5.74) is 5.80. The average molecular weight is 485 g/mol. The topological polar surface area (TPSA) is 97.2 Å². The Hall–Kier alpha value is -3.75. The second-order valence-electron chi connectivity index (χ2n) is 8.32. The third kappa shape index (κ3) is 4.89. The van der Waals surface area contributed by atoms with Crippen LogP contribution in [0.5, 0.6) is 11.6 Å². The standard InChI is InChI=1S/C27H24N4O3S/c1-16-7-6-10-20(11-16)29-23(33)15-35-27-22-12-21-19(14-32)13-28-17(2)24(21)34-26(22)30-25(31-27)18-8-4-3-5-9-18/h3-11,13,32H,12,14-15H2,1-2H3,(H,29,33). The maximum atomic E-state index is 12.7. The first-order valence-corrected chi connectivity index (χ1v) is 12.2. The van der Waals surface area contributed by atoms with Gasteiger partial charge in [0.15, 0.2) is 11.6 Å². The molecule has 1 amide bonds. The number of nitrogens with one attached hydrogen (secondary N) is 1. The third-order valence-corrected chi connectivity index (χ3v) is 6.75. The number of aliphatic hydroxyl groups is 1. The number of hydrogen-bond donors (Lipinski definition) is 2. The van der Waals surface area contributed by atoms with Crippen molar-refractivity contribution in [2.45, 2.75) is 31.9 Å². The van der Waals surface area contributed by atoms with Crippen LogP contribution in [-0.2, 0) is 17.8 Å². The van der Waals surface area contributed by atoms with Gasteiger partial charge in [-0.05, 0) is 31.5 Å².